The summed E-state index contributed by atoms with van der Waals surface area (Å²) in [6, 6.07) is 4.45. The number of nitro benzene ring substituents is 1. The van der Waals surface area contributed by atoms with E-state index in [1.54, 1.807) is 19.1 Å². The van der Waals surface area contributed by atoms with Crippen LogP contribution in [0.25, 0.3) is 0 Å². The molecule has 0 aliphatic rings. The summed E-state index contributed by atoms with van der Waals surface area (Å²) in [5.74, 6) is -0.689. The third-order valence-corrected chi connectivity index (χ3v) is 2.56. The Kier molecular flexibility index (Phi) is 3.90. The van der Waals surface area contributed by atoms with Gasteiger partial charge in [0, 0.05) is 5.56 Å². The Morgan fingerprint density at radius 2 is 2.11 bits per heavy atom. The number of aliphatic carboxylic acids is 1. The fourth-order valence-electron chi connectivity index (χ4n) is 1.20. The summed E-state index contributed by atoms with van der Waals surface area (Å²) in [5, 5.41) is 19.7. The summed E-state index contributed by atoms with van der Waals surface area (Å²) in [4.78, 5) is 21.1. The fraction of sp³-hybridized carbons (Fsp3) is 0.417. The van der Waals surface area contributed by atoms with E-state index in [0.29, 0.717) is 11.3 Å². The minimum Gasteiger partial charge on any atom is -0.492 e. The lowest BCUT2D eigenvalue weighted by Crippen LogP contribution is -2.30. The van der Waals surface area contributed by atoms with E-state index in [1.165, 1.54) is 19.9 Å². The van der Waals surface area contributed by atoms with Crippen LogP contribution in [0.1, 0.15) is 19.4 Å². The van der Waals surface area contributed by atoms with Crippen LogP contribution in [0.15, 0.2) is 18.2 Å². The van der Waals surface area contributed by atoms with Gasteiger partial charge in [-0.3, -0.25) is 14.9 Å². The molecule has 0 heterocycles. The van der Waals surface area contributed by atoms with Gasteiger partial charge in [-0.25, -0.2) is 0 Å². The first kappa shape index (κ1) is 14.0. The average Bonchev–Trinajstić information content (AvgIpc) is 2.27. The molecule has 6 heteroatoms. The van der Waals surface area contributed by atoms with E-state index in [2.05, 4.69) is 0 Å². The van der Waals surface area contributed by atoms with Gasteiger partial charge in [0.1, 0.15) is 12.4 Å². The first-order valence-electron chi connectivity index (χ1n) is 5.35. The van der Waals surface area contributed by atoms with Gasteiger partial charge in [0.25, 0.3) is 5.69 Å². The van der Waals surface area contributed by atoms with Gasteiger partial charge in [-0.05, 0) is 32.9 Å². The number of hydrogen-bond acceptors (Lipinski definition) is 4. The van der Waals surface area contributed by atoms with Gasteiger partial charge >= 0.3 is 5.97 Å². The summed E-state index contributed by atoms with van der Waals surface area (Å²) < 4.78 is 5.29. The molecular weight excluding hydrogens is 238 g/mol. The molecule has 98 valence electrons. The highest BCUT2D eigenvalue weighted by Crippen LogP contribution is 2.25. The van der Waals surface area contributed by atoms with Gasteiger partial charge in [0.2, 0.25) is 0 Å². The van der Waals surface area contributed by atoms with Crippen LogP contribution in [0.2, 0.25) is 0 Å². The molecule has 1 aromatic rings. The Morgan fingerprint density at radius 3 is 2.61 bits per heavy atom. The largest absolute Gasteiger partial charge is 0.492 e. The summed E-state index contributed by atoms with van der Waals surface area (Å²) in [7, 11) is 0. The molecule has 0 saturated carbocycles. The van der Waals surface area contributed by atoms with E-state index >= 15 is 0 Å². The lowest BCUT2D eigenvalue weighted by atomic mass is 9.95. The lowest BCUT2D eigenvalue weighted by Gasteiger charge is -2.19. The molecule has 1 rings (SSSR count). The maximum Gasteiger partial charge on any atom is 0.312 e. The number of benzene rings is 1. The highest BCUT2D eigenvalue weighted by Gasteiger charge is 2.28. The van der Waals surface area contributed by atoms with Gasteiger partial charge in [-0.1, -0.05) is 0 Å². The maximum atomic E-state index is 10.9. The molecule has 18 heavy (non-hydrogen) atoms. The van der Waals surface area contributed by atoms with Crippen LogP contribution in [0, 0.1) is 22.5 Å². The molecule has 0 aliphatic carbocycles. The molecule has 0 saturated heterocycles. The molecule has 0 fully saturated rings. The third kappa shape index (κ3) is 3.19. The fourth-order valence-corrected chi connectivity index (χ4v) is 1.20. The normalized spacial score (nSPS) is 11.1. The summed E-state index contributed by atoms with van der Waals surface area (Å²) in [5.41, 5.74) is -0.551. The number of aryl methyl sites for hydroxylation is 1. The molecular formula is C12H15NO5. The van der Waals surface area contributed by atoms with Crippen LogP contribution in [0.3, 0.4) is 0 Å². The second kappa shape index (κ2) is 5.03. The summed E-state index contributed by atoms with van der Waals surface area (Å²) in [6.45, 7) is 4.63. The molecule has 0 bridgehead atoms. The van der Waals surface area contributed by atoms with E-state index < -0.39 is 16.3 Å². The predicted molar refractivity (Wildman–Crippen MR) is 64.7 cm³/mol. The van der Waals surface area contributed by atoms with Crippen molar-refractivity contribution in [2.75, 3.05) is 6.61 Å². The van der Waals surface area contributed by atoms with Gasteiger partial charge in [0.05, 0.1) is 16.4 Å². The smallest absolute Gasteiger partial charge is 0.312 e. The van der Waals surface area contributed by atoms with E-state index in [4.69, 9.17) is 9.84 Å². The van der Waals surface area contributed by atoms with Crippen molar-refractivity contribution < 1.29 is 19.6 Å². The van der Waals surface area contributed by atoms with Crippen molar-refractivity contribution in [3.05, 3.63) is 33.9 Å². The number of carboxylic acid groups (broad SMARTS) is 1. The standard InChI is InChI=1S/C12H15NO5/c1-8-4-5-9(6-10(8)13(16)17)18-7-12(2,3)11(14)15/h4-6H,7H2,1-3H3,(H,14,15). The molecule has 0 radical (unpaired) electrons. The quantitative estimate of drug-likeness (QED) is 0.642. The number of carboxylic acids is 1. The molecule has 0 atom stereocenters. The van der Waals surface area contributed by atoms with Gasteiger partial charge in [0.15, 0.2) is 0 Å². The van der Waals surface area contributed by atoms with Crippen LogP contribution in [0.5, 0.6) is 5.75 Å². The number of nitrogens with zero attached hydrogens (tertiary/aromatic N) is 1. The Bertz CT molecular complexity index is 481. The second-order valence-electron chi connectivity index (χ2n) is 4.68. The third-order valence-electron chi connectivity index (χ3n) is 2.56. The molecule has 0 aromatic heterocycles. The second-order valence-corrected chi connectivity index (χ2v) is 4.68. The van der Waals surface area contributed by atoms with Crippen LogP contribution >= 0.6 is 0 Å². The molecule has 1 aromatic carbocycles. The van der Waals surface area contributed by atoms with Crippen molar-refractivity contribution in [2.24, 2.45) is 5.41 Å². The Hall–Kier alpha value is -2.11. The molecule has 1 N–H and O–H groups in total. The number of nitro groups is 1. The minimum atomic E-state index is -1.04. The zero-order valence-corrected chi connectivity index (χ0v) is 10.5. The zero-order chi connectivity index (χ0) is 13.9. The van der Waals surface area contributed by atoms with Gasteiger partial charge in [-0.15, -0.1) is 0 Å². The van der Waals surface area contributed by atoms with E-state index in [0.717, 1.165) is 0 Å². The van der Waals surface area contributed by atoms with E-state index in [9.17, 15) is 14.9 Å². The van der Waals surface area contributed by atoms with Crippen molar-refractivity contribution in [1.29, 1.82) is 0 Å². The predicted octanol–water partition coefficient (Wildman–Crippen LogP) is 2.39. The topological polar surface area (TPSA) is 89.7 Å². The lowest BCUT2D eigenvalue weighted by molar-refractivity contribution is -0.385. The zero-order valence-electron chi connectivity index (χ0n) is 10.5. The van der Waals surface area contributed by atoms with Crippen molar-refractivity contribution in [2.45, 2.75) is 20.8 Å². The van der Waals surface area contributed by atoms with Gasteiger partial charge < -0.3 is 9.84 Å². The Labute approximate surface area is 104 Å². The van der Waals surface area contributed by atoms with Crippen LogP contribution in [0.4, 0.5) is 5.69 Å². The number of carbonyl (C=O) groups is 1. The number of ether oxygens (including phenoxy) is 1. The van der Waals surface area contributed by atoms with Crippen LogP contribution in [-0.4, -0.2) is 22.6 Å². The number of hydrogen-bond donors (Lipinski definition) is 1. The number of rotatable bonds is 5. The van der Waals surface area contributed by atoms with Crippen molar-refractivity contribution >= 4 is 11.7 Å². The SMILES string of the molecule is Cc1ccc(OCC(C)(C)C(=O)O)cc1[N+](=O)[O-]. The van der Waals surface area contributed by atoms with Crippen molar-refractivity contribution in [1.82, 2.24) is 0 Å². The first-order chi connectivity index (χ1) is 8.24. The Morgan fingerprint density at radius 1 is 1.50 bits per heavy atom. The minimum absolute atomic E-state index is 0.0411. The van der Waals surface area contributed by atoms with Gasteiger partial charge in [-0.2, -0.15) is 0 Å². The van der Waals surface area contributed by atoms with Crippen molar-refractivity contribution in [3.8, 4) is 5.75 Å². The van der Waals surface area contributed by atoms with Crippen LogP contribution in [-0.2, 0) is 4.79 Å². The molecule has 0 unspecified atom stereocenters. The maximum absolute atomic E-state index is 10.9. The average molecular weight is 253 g/mol. The van der Waals surface area contributed by atoms with Crippen LogP contribution < -0.4 is 4.74 Å². The molecule has 6 nitrogen and oxygen atoms in total. The molecule has 0 aliphatic heterocycles. The summed E-state index contributed by atoms with van der Waals surface area (Å²) >= 11 is 0. The molecule has 0 amide bonds. The van der Waals surface area contributed by atoms with E-state index in [1.807, 2.05) is 0 Å². The first-order valence-corrected chi connectivity index (χ1v) is 5.35. The van der Waals surface area contributed by atoms with Crippen molar-refractivity contribution in [3.63, 3.8) is 0 Å². The highest BCUT2D eigenvalue weighted by molar-refractivity contribution is 5.73. The summed E-state index contributed by atoms with van der Waals surface area (Å²) in [6.07, 6.45) is 0. The Balaban J connectivity index is 2.84. The van der Waals surface area contributed by atoms with E-state index in [-0.39, 0.29) is 12.3 Å². The monoisotopic (exact) mass is 253 g/mol. The highest BCUT2D eigenvalue weighted by atomic mass is 16.6. The molecule has 0 spiro atoms.